The summed E-state index contributed by atoms with van der Waals surface area (Å²) in [5, 5.41) is 20.8. The van der Waals surface area contributed by atoms with Crippen LogP contribution < -0.4 is 5.32 Å². The van der Waals surface area contributed by atoms with Crippen LogP contribution in [-0.2, 0) is 11.8 Å². The number of hydrogen-bond acceptors (Lipinski definition) is 5. The molecule has 1 amide bonds. The predicted octanol–water partition coefficient (Wildman–Crippen LogP) is 3.39. The molecule has 130 valence electrons. The molecule has 0 aliphatic heterocycles. The number of aryl methyl sites for hydroxylation is 1. The van der Waals surface area contributed by atoms with Gasteiger partial charge in [0.1, 0.15) is 0 Å². The summed E-state index contributed by atoms with van der Waals surface area (Å²) >= 11 is 1.32. The number of nitriles is 1. The Bertz CT molecular complexity index is 972. The van der Waals surface area contributed by atoms with E-state index in [9.17, 15) is 4.79 Å². The average Bonchev–Trinajstić information content (AvgIpc) is 3.01. The van der Waals surface area contributed by atoms with Crippen LogP contribution in [0.4, 0.5) is 5.69 Å². The van der Waals surface area contributed by atoms with Crippen molar-refractivity contribution in [3.05, 3.63) is 59.7 Å². The third kappa shape index (κ3) is 4.10. The van der Waals surface area contributed by atoms with Crippen LogP contribution in [0.1, 0.15) is 11.1 Å². The largest absolute Gasteiger partial charge is 0.325 e. The monoisotopic (exact) mass is 363 g/mol. The highest BCUT2D eigenvalue weighted by molar-refractivity contribution is 7.99. The van der Waals surface area contributed by atoms with Crippen molar-refractivity contribution in [2.45, 2.75) is 12.1 Å². The highest BCUT2D eigenvalue weighted by Gasteiger charge is 2.13. The van der Waals surface area contributed by atoms with Crippen molar-refractivity contribution in [3.8, 4) is 17.5 Å². The molecule has 7 heteroatoms. The quantitative estimate of drug-likeness (QED) is 0.703. The molecule has 26 heavy (non-hydrogen) atoms. The third-order valence-electron chi connectivity index (χ3n) is 3.75. The summed E-state index contributed by atoms with van der Waals surface area (Å²) in [6.07, 6.45) is 0. The Morgan fingerprint density at radius 1 is 1.23 bits per heavy atom. The van der Waals surface area contributed by atoms with Crippen molar-refractivity contribution in [3.63, 3.8) is 0 Å². The second kappa shape index (κ2) is 7.85. The summed E-state index contributed by atoms with van der Waals surface area (Å²) in [5.41, 5.74) is 3.28. The van der Waals surface area contributed by atoms with Gasteiger partial charge in [-0.3, -0.25) is 4.79 Å². The molecule has 1 aromatic heterocycles. The molecule has 1 N–H and O–H groups in total. The van der Waals surface area contributed by atoms with Crippen molar-refractivity contribution < 1.29 is 4.79 Å². The number of hydrogen-bond donors (Lipinski definition) is 1. The molecule has 0 saturated heterocycles. The lowest BCUT2D eigenvalue weighted by Crippen LogP contribution is -2.14. The Morgan fingerprint density at radius 2 is 2.00 bits per heavy atom. The first-order valence-corrected chi connectivity index (χ1v) is 8.94. The second-order valence-corrected chi connectivity index (χ2v) is 6.70. The van der Waals surface area contributed by atoms with Gasteiger partial charge in [0.25, 0.3) is 0 Å². The fourth-order valence-corrected chi connectivity index (χ4v) is 3.10. The Balaban J connectivity index is 1.64. The molecular formula is C19H17N5OS. The van der Waals surface area contributed by atoms with Crippen LogP contribution >= 0.6 is 11.8 Å². The van der Waals surface area contributed by atoms with Crippen molar-refractivity contribution in [2.75, 3.05) is 11.1 Å². The van der Waals surface area contributed by atoms with E-state index in [0.29, 0.717) is 16.4 Å². The van der Waals surface area contributed by atoms with E-state index in [2.05, 4.69) is 15.5 Å². The first kappa shape index (κ1) is 17.7. The first-order valence-electron chi connectivity index (χ1n) is 7.96. The maximum absolute atomic E-state index is 12.1. The van der Waals surface area contributed by atoms with Crippen molar-refractivity contribution in [1.29, 1.82) is 5.26 Å². The number of aromatic nitrogens is 3. The van der Waals surface area contributed by atoms with Crippen LogP contribution in [-0.4, -0.2) is 26.4 Å². The summed E-state index contributed by atoms with van der Waals surface area (Å²) in [6, 6.07) is 16.9. The number of carbonyl (C=O) groups is 1. The highest BCUT2D eigenvalue weighted by atomic mass is 32.2. The van der Waals surface area contributed by atoms with E-state index in [0.717, 1.165) is 11.4 Å². The molecule has 0 fully saturated rings. The van der Waals surface area contributed by atoms with Gasteiger partial charge in [-0.15, -0.1) is 10.2 Å². The third-order valence-corrected chi connectivity index (χ3v) is 4.77. The van der Waals surface area contributed by atoms with Gasteiger partial charge in [0.2, 0.25) is 5.91 Å². The molecule has 0 aliphatic rings. The number of carbonyl (C=O) groups excluding carboxylic acids is 1. The van der Waals surface area contributed by atoms with E-state index in [4.69, 9.17) is 5.26 Å². The van der Waals surface area contributed by atoms with Crippen LogP contribution in [0.25, 0.3) is 11.4 Å². The van der Waals surface area contributed by atoms with Crippen LogP contribution in [0, 0.1) is 18.3 Å². The smallest absolute Gasteiger partial charge is 0.234 e. The molecule has 0 bridgehead atoms. The number of thioether (sulfide) groups is 1. The fraction of sp³-hybridized carbons (Fsp3) is 0.158. The standard InChI is InChI=1S/C19H17N5OS/c1-13-6-8-15(9-7-13)18-22-23-19(24(18)2)26-12-17(25)21-16-5-3-4-14(10-16)11-20/h3-10H,12H2,1-2H3,(H,21,25). The molecule has 0 atom stereocenters. The molecule has 0 unspecified atom stereocenters. The molecule has 0 aliphatic carbocycles. The van der Waals surface area contributed by atoms with Crippen LogP contribution in [0.2, 0.25) is 0 Å². The van der Waals surface area contributed by atoms with Gasteiger partial charge in [-0.25, -0.2) is 0 Å². The molecule has 2 aromatic carbocycles. The maximum Gasteiger partial charge on any atom is 0.234 e. The molecule has 0 radical (unpaired) electrons. The van der Waals surface area contributed by atoms with Gasteiger partial charge in [0.05, 0.1) is 17.4 Å². The Kier molecular flexibility index (Phi) is 5.34. The molecule has 1 heterocycles. The van der Waals surface area contributed by atoms with E-state index >= 15 is 0 Å². The minimum absolute atomic E-state index is 0.162. The number of amides is 1. The highest BCUT2D eigenvalue weighted by Crippen LogP contribution is 2.23. The Labute approximate surface area is 155 Å². The molecular weight excluding hydrogens is 346 g/mol. The van der Waals surface area contributed by atoms with Crippen LogP contribution in [0.5, 0.6) is 0 Å². The van der Waals surface area contributed by atoms with Gasteiger partial charge in [-0.1, -0.05) is 47.7 Å². The van der Waals surface area contributed by atoms with Gasteiger partial charge in [-0.05, 0) is 25.1 Å². The summed E-state index contributed by atoms with van der Waals surface area (Å²) in [6.45, 7) is 2.03. The number of rotatable bonds is 5. The lowest BCUT2D eigenvalue weighted by molar-refractivity contribution is -0.113. The van der Waals surface area contributed by atoms with Gasteiger partial charge in [0, 0.05) is 18.3 Å². The molecule has 3 aromatic rings. The summed E-state index contributed by atoms with van der Waals surface area (Å²) in [4.78, 5) is 12.1. The zero-order valence-corrected chi connectivity index (χ0v) is 15.2. The molecule has 0 saturated carbocycles. The van der Waals surface area contributed by atoms with Gasteiger partial charge in [-0.2, -0.15) is 5.26 Å². The zero-order valence-electron chi connectivity index (χ0n) is 14.4. The van der Waals surface area contributed by atoms with E-state index in [-0.39, 0.29) is 11.7 Å². The average molecular weight is 363 g/mol. The number of nitrogens with one attached hydrogen (secondary N) is 1. The summed E-state index contributed by atoms with van der Waals surface area (Å²) in [7, 11) is 1.88. The summed E-state index contributed by atoms with van der Waals surface area (Å²) in [5.74, 6) is 0.802. The van der Waals surface area contributed by atoms with Crippen LogP contribution in [0.15, 0.2) is 53.7 Å². The number of anilines is 1. The van der Waals surface area contributed by atoms with E-state index < -0.39 is 0 Å². The van der Waals surface area contributed by atoms with E-state index in [1.165, 1.54) is 17.3 Å². The van der Waals surface area contributed by atoms with Crippen molar-refractivity contribution in [1.82, 2.24) is 14.8 Å². The number of benzene rings is 2. The van der Waals surface area contributed by atoms with Gasteiger partial charge in [0.15, 0.2) is 11.0 Å². The number of nitrogens with zero attached hydrogens (tertiary/aromatic N) is 4. The minimum Gasteiger partial charge on any atom is -0.325 e. The normalized spacial score (nSPS) is 10.3. The molecule has 0 spiro atoms. The Hall–Kier alpha value is -3.11. The molecule has 6 nitrogen and oxygen atoms in total. The molecule has 3 rings (SSSR count). The topological polar surface area (TPSA) is 83.6 Å². The minimum atomic E-state index is -0.162. The van der Waals surface area contributed by atoms with E-state index in [1.54, 1.807) is 24.3 Å². The zero-order chi connectivity index (χ0) is 18.5. The van der Waals surface area contributed by atoms with Crippen molar-refractivity contribution in [2.24, 2.45) is 7.05 Å². The SMILES string of the molecule is Cc1ccc(-c2nnc(SCC(=O)Nc3cccc(C#N)c3)n2C)cc1. The lowest BCUT2D eigenvalue weighted by atomic mass is 10.1. The summed E-state index contributed by atoms with van der Waals surface area (Å²) < 4.78 is 1.87. The van der Waals surface area contributed by atoms with E-state index in [1.807, 2.05) is 48.9 Å². The second-order valence-electron chi connectivity index (χ2n) is 5.76. The lowest BCUT2D eigenvalue weighted by Gasteiger charge is -2.06. The van der Waals surface area contributed by atoms with Crippen molar-refractivity contribution >= 4 is 23.4 Å². The first-order chi connectivity index (χ1) is 12.6. The van der Waals surface area contributed by atoms with Crippen LogP contribution in [0.3, 0.4) is 0 Å². The maximum atomic E-state index is 12.1. The van der Waals surface area contributed by atoms with Gasteiger partial charge >= 0.3 is 0 Å². The Morgan fingerprint density at radius 3 is 2.73 bits per heavy atom. The fourth-order valence-electron chi connectivity index (χ4n) is 2.39. The predicted molar refractivity (Wildman–Crippen MR) is 102 cm³/mol. The van der Waals surface area contributed by atoms with Gasteiger partial charge < -0.3 is 9.88 Å².